The van der Waals surface area contributed by atoms with E-state index in [1.807, 2.05) is 12.3 Å². The van der Waals surface area contributed by atoms with E-state index >= 15 is 0 Å². The topological polar surface area (TPSA) is 81.8 Å². The van der Waals surface area contributed by atoms with Crippen molar-refractivity contribution in [3.05, 3.63) is 24.0 Å². The first-order valence-electron chi connectivity index (χ1n) is 8.91. The summed E-state index contributed by atoms with van der Waals surface area (Å²) in [5.74, 6) is 3.12. The van der Waals surface area contributed by atoms with Gasteiger partial charge in [-0.25, -0.2) is 4.98 Å². The average molecular weight is 325 g/mol. The van der Waals surface area contributed by atoms with Crippen LogP contribution in [0.3, 0.4) is 0 Å². The van der Waals surface area contributed by atoms with Crippen molar-refractivity contribution in [2.75, 3.05) is 36.4 Å². The average Bonchev–Trinajstić information content (AvgIpc) is 3.34. The van der Waals surface area contributed by atoms with Crippen LogP contribution in [0.4, 0.5) is 17.6 Å². The molecule has 126 valence electrons. The number of hydrogen-bond donors (Lipinski definition) is 3. The maximum Gasteiger partial charge on any atom is 0.227 e. The number of aromatic nitrogens is 4. The minimum atomic E-state index is 0.437. The summed E-state index contributed by atoms with van der Waals surface area (Å²) in [5, 5.41) is 14.3. The van der Waals surface area contributed by atoms with E-state index in [1.165, 1.54) is 31.4 Å². The van der Waals surface area contributed by atoms with Crippen molar-refractivity contribution in [1.82, 2.24) is 25.5 Å². The van der Waals surface area contributed by atoms with Crippen molar-refractivity contribution < 1.29 is 0 Å². The largest absolute Gasteiger partial charge is 0.339 e. The van der Waals surface area contributed by atoms with Gasteiger partial charge in [-0.1, -0.05) is 0 Å². The molecular weight excluding hydrogens is 302 g/mol. The quantitative estimate of drug-likeness (QED) is 0.798. The fourth-order valence-electron chi connectivity index (χ4n) is 3.91. The summed E-state index contributed by atoms with van der Waals surface area (Å²) in [6.45, 7) is 4.39. The lowest BCUT2D eigenvalue weighted by molar-refractivity contribution is 0.155. The smallest absolute Gasteiger partial charge is 0.227 e. The molecule has 3 aliphatic rings. The van der Waals surface area contributed by atoms with Gasteiger partial charge in [0.2, 0.25) is 5.95 Å². The van der Waals surface area contributed by atoms with Crippen LogP contribution in [-0.2, 0) is 0 Å². The van der Waals surface area contributed by atoms with E-state index in [4.69, 9.17) is 0 Å². The Bertz CT molecular complexity index is 722. The third kappa shape index (κ3) is 2.62. The second kappa shape index (κ2) is 5.44. The van der Waals surface area contributed by atoms with Crippen LogP contribution in [0.2, 0.25) is 0 Å². The molecule has 3 fully saturated rings. The Morgan fingerprint density at radius 2 is 2.17 bits per heavy atom. The van der Waals surface area contributed by atoms with Crippen LogP contribution in [0.5, 0.6) is 0 Å². The fraction of sp³-hybridized carbons (Fsp3) is 0.588. The molecule has 0 amide bonds. The third-order valence-corrected chi connectivity index (χ3v) is 5.41. The number of rotatable bonds is 4. The maximum atomic E-state index is 4.67. The van der Waals surface area contributed by atoms with E-state index in [-0.39, 0.29) is 0 Å². The molecule has 5 rings (SSSR count). The van der Waals surface area contributed by atoms with Crippen LogP contribution in [0.1, 0.15) is 37.3 Å². The van der Waals surface area contributed by atoms with E-state index in [2.05, 4.69) is 41.8 Å². The van der Waals surface area contributed by atoms with Crippen molar-refractivity contribution in [1.29, 1.82) is 0 Å². The van der Waals surface area contributed by atoms with Crippen LogP contribution in [0.15, 0.2) is 18.3 Å². The molecule has 0 aromatic carbocycles. The molecule has 1 saturated carbocycles. The predicted molar refractivity (Wildman–Crippen MR) is 92.6 cm³/mol. The van der Waals surface area contributed by atoms with Gasteiger partial charge in [0.25, 0.3) is 0 Å². The van der Waals surface area contributed by atoms with Gasteiger partial charge in [-0.15, -0.1) is 0 Å². The lowest BCUT2D eigenvalue weighted by Crippen LogP contribution is -2.62. The first-order chi connectivity index (χ1) is 11.8. The van der Waals surface area contributed by atoms with Gasteiger partial charge in [0.1, 0.15) is 5.82 Å². The second-order valence-electron chi connectivity index (χ2n) is 7.49. The highest BCUT2D eigenvalue weighted by atomic mass is 15.3. The van der Waals surface area contributed by atoms with Crippen LogP contribution in [0, 0.1) is 5.41 Å². The van der Waals surface area contributed by atoms with Gasteiger partial charge in [-0.3, -0.25) is 5.10 Å². The zero-order chi connectivity index (χ0) is 16.0. The maximum absolute atomic E-state index is 4.67. The lowest BCUT2D eigenvalue weighted by atomic mass is 9.74. The molecule has 0 unspecified atom stereocenters. The molecule has 7 heteroatoms. The Labute approximate surface area is 141 Å². The summed E-state index contributed by atoms with van der Waals surface area (Å²) >= 11 is 0. The molecule has 2 aromatic heterocycles. The molecule has 0 atom stereocenters. The van der Waals surface area contributed by atoms with E-state index in [9.17, 15) is 0 Å². The number of H-pyrrole nitrogens is 1. The zero-order valence-corrected chi connectivity index (χ0v) is 13.8. The van der Waals surface area contributed by atoms with Crippen LogP contribution in [-0.4, -0.2) is 46.3 Å². The lowest BCUT2D eigenvalue weighted by Gasteiger charge is -2.52. The Kier molecular flexibility index (Phi) is 3.22. The molecule has 0 bridgehead atoms. The van der Waals surface area contributed by atoms with E-state index in [0.29, 0.717) is 11.3 Å². The first-order valence-corrected chi connectivity index (χ1v) is 8.91. The van der Waals surface area contributed by atoms with Crippen LogP contribution in [0.25, 0.3) is 0 Å². The number of nitrogens with zero attached hydrogens (tertiary/aromatic N) is 4. The Hall–Kier alpha value is -2.15. The number of piperidine rings is 1. The molecule has 7 nitrogen and oxygen atoms in total. The number of anilines is 3. The highest BCUT2D eigenvalue weighted by molar-refractivity contribution is 5.54. The van der Waals surface area contributed by atoms with Gasteiger partial charge in [-0.2, -0.15) is 10.1 Å². The summed E-state index contributed by atoms with van der Waals surface area (Å²) in [4.78, 5) is 11.4. The predicted octanol–water partition coefficient (Wildman–Crippen LogP) is 2.01. The monoisotopic (exact) mass is 325 g/mol. The summed E-state index contributed by atoms with van der Waals surface area (Å²) in [7, 11) is 0. The molecule has 2 saturated heterocycles. The molecule has 1 spiro atoms. The minimum absolute atomic E-state index is 0.437. The summed E-state index contributed by atoms with van der Waals surface area (Å²) in [6, 6.07) is 3.98. The van der Waals surface area contributed by atoms with Gasteiger partial charge >= 0.3 is 0 Å². The zero-order valence-electron chi connectivity index (χ0n) is 13.8. The minimum Gasteiger partial charge on any atom is -0.339 e. The van der Waals surface area contributed by atoms with E-state index in [0.717, 1.165) is 43.8 Å². The summed E-state index contributed by atoms with van der Waals surface area (Å²) < 4.78 is 0. The molecular formula is C17H23N7. The third-order valence-electron chi connectivity index (χ3n) is 5.41. The SMILES string of the molecule is c1cc(Nc2cc(C3CC3)[nH]n2)nc(N2CC3(CCCNC3)C2)n1. The normalized spacial score (nSPS) is 22.4. The van der Waals surface area contributed by atoms with Crippen molar-refractivity contribution in [2.24, 2.45) is 5.41 Å². The Morgan fingerprint density at radius 3 is 2.96 bits per heavy atom. The van der Waals surface area contributed by atoms with Crippen molar-refractivity contribution >= 4 is 17.6 Å². The highest BCUT2D eigenvalue weighted by Gasteiger charge is 2.44. The Morgan fingerprint density at radius 1 is 1.25 bits per heavy atom. The number of hydrogen-bond acceptors (Lipinski definition) is 6. The second-order valence-corrected chi connectivity index (χ2v) is 7.49. The number of nitrogens with one attached hydrogen (secondary N) is 3. The van der Waals surface area contributed by atoms with E-state index in [1.54, 1.807) is 0 Å². The summed E-state index contributed by atoms with van der Waals surface area (Å²) in [5.41, 5.74) is 1.66. The molecule has 0 radical (unpaired) electrons. The molecule has 2 aliphatic heterocycles. The van der Waals surface area contributed by atoms with Gasteiger partial charge in [-0.05, 0) is 38.3 Å². The van der Waals surface area contributed by atoms with Gasteiger partial charge < -0.3 is 15.5 Å². The molecule has 4 heterocycles. The van der Waals surface area contributed by atoms with Crippen LogP contribution >= 0.6 is 0 Å². The summed E-state index contributed by atoms with van der Waals surface area (Å²) in [6.07, 6.45) is 6.95. The first kappa shape index (κ1) is 14.2. The van der Waals surface area contributed by atoms with Crippen molar-refractivity contribution in [3.63, 3.8) is 0 Å². The van der Waals surface area contributed by atoms with Crippen molar-refractivity contribution in [2.45, 2.75) is 31.6 Å². The van der Waals surface area contributed by atoms with Gasteiger partial charge in [0.15, 0.2) is 5.82 Å². The molecule has 24 heavy (non-hydrogen) atoms. The van der Waals surface area contributed by atoms with E-state index < -0.39 is 0 Å². The fourth-order valence-corrected chi connectivity index (χ4v) is 3.91. The molecule has 2 aromatic rings. The highest BCUT2D eigenvalue weighted by Crippen LogP contribution is 2.40. The van der Waals surface area contributed by atoms with Gasteiger partial charge in [0.05, 0.1) is 0 Å². The Balaban J connectivity index is 1.26. The molecule has 1 aliphatic carbocycles. The number of aromatic amines is 1. The van der Waals surface area contributed by atoms with Gasteiger partial charge in [0, 0.05) is 48.9 Å². The standard InChI is InChI=1S/C17H23N7/c1-5-17(9-18-6-1)10-24(11-17)16-19-7-4-14(21-16)20-15-8-13(22-23-15)12-2-3-12/h4,7-8,12,18H,1-3,5-6,9-11H2,(H2,19,20,21,22,23). The molecule has 3 N–H and O–H groups in total. The van der Waals surface area contributed by atoms with Crippen LogP contribution < -0.4 is 15.5 Å². The van der Waals surface area contributed by atoms with Crippen molar-refractivity contribution in [3.8, 4) is 0 Å².